The quantitative estimate of drug-likeness (QED) is 0.398. The van der Waals surface area contributed by atoms with Gasteiger partial charge in [-0.3, -0.25) is 4.79 Å². The number of carbonyl (C=O) groups is 1. The lowest BCUT2D eigenvalue weighted by molar-refractivity contribution is 0.0993. The summed E-state index contributed by atoms with van der Waals surface area (Å²) in [5.41, 5.74) is 3.06. The van der Waals surface area contributed by atoms with Crippen LogP contribution in [0.4, 0.5) is 0 Å². The molecule has 0 aliphatic heterocycles. The van der Waals surface area contributed by atoms with Crippen LogP contribution in [0.2, 0.25) is 0 Å². The normalized spacial score (nSPS) is 13.2. The van der Waals surface area contributed by atoms with E-state index >= 15 is 0 Å². The molecule has 0 saturated carbocycles. The van der Waals surface area contributed by atoms with E-state index in [1.807, 2.05) is 54.6 Å². The monoisotopic (exact) mass is 400 g/mol. The molecule has 0 bridgehead atoms. The Labute approximate surface area is 173 Å². The van der Waals surface area contributed by atoms with Crippen LogP contribution in [0.3, 0.4) is 0 Å². The second kappa shape index (κ2) is 7.76. The summed E-state index contributed by atoms with van der Waals surface area (Å²) >= 11 is 1.76. The number of aryl methyl sites for hydroxylation is 2. The number of hydrogen-bond donors (Lipinski definition) is 0. The topological polar surface area (TPSA) is 52.1 Å². The number of rotatable bonds is 5. The van der Waals surface area contributed by atoms with Crippen molar-refractivity contribution in [3.05, 3.63) is 82.5 Å². The van der Waals surface area contributed by atoms with Crippen LogP contribution in [0, 0.1) is 0 Å². The largest absolute Gasteiger partial charge is 0.438 e. The first-order valence-electron chi connectivity index (χ1n) is 9.88. The molecule has 0 atom stereocenters. The lowest BCUT2D eigenvalue weighted by Gasteiger charge is -2.12. The molecular weight excluding hydrogens is 380 g/mol. The number of Topliss-reactive ketones (excluding diaryl/α,β-unsaturated/α-hetero) is 1. The second-order valence-corrected chi connectivity index (χ2v) is 8.37. The molecule has 1 aliphatic rings. The molecule has 0 fully saturated rings. The fraction of sp³-hybridized carbons (Fsp3) is 0.208. The van der Waals surface area contributed by atoms with E-state index in [9.17, 15) is 4.79 Å². The summed E-state index contributed by atoms with van der Waals surface area (Å²) in [6.45, 7) is 0. The number of carbonyl (C=O) groups excluding carboxylic acids is 1. The van der Waals surface area contributed by atoms with Crippen molar-refractivity contribution in [1.29, 1.82) is 0 Å². The zero-order chi connectivity index (χ0) is 19.6. The van der Waals surface area contributed by atoms with E-state index in [4.69, 9.17) is 4.74 Å². The molecule has 0 radical (unpaired) electrons. The van der Waals surface area contributed by atoms with Gasteiger partial charge in [0.1, 0.15) is 16.9 Å². The van der Waals surface area contributed by atoms with Gasteiger partial charge in [0.15, 0.2) is 5.78 Å². The molecule has 0 saturated heterocycles. The molecule has 1 aliphatic carbocycles. The summed E-state index contributed by atoms with van der Waals surface area (Å²) in [7, 11) is 0. The summed E-state index contributed by atoms with van der Waals surface area (Å²) in [5, 5.41) is 1.07. The molecule has 5 rings (SSSR count). The van der Waals surface area contributed by atoms with Gasteiger partial charge in [-0.1, -0.05) is 42.5 Å². The van der Waals surface area contributed by atoms with Gasteiger partial charge in [-0.25, -0.2) is 9.97 Å². The predicted octanol–water partition coefficient (Wildman–Crippen LogP) is 5.79. The fourth-order valence-corrected chi connectivity index (χ4v) is 5.06. The highest BCUT2D eigenvalue weighted by Gasteiger charge is 2.21. The third-order valence-corrected chi connectivity index (χ3v) is 6.51. The van der Waals surface area contributed by atoms with Crippen molar-refractivity contribution in [1.82, 2.24) is 9.97 Å². The van der Waals surface area contributed by atoms with E-state index in [2.05, 4.69) is 9.97 Å². The van der Waals surface area contributed by atoms with Gasteiger partial charge in [-0.05, 0) is 48.9 Å². The summed E-state index contributed by atoms with van der Waals surface area (Å²) in [4.78, 5) is 23.7. The molecule has 0 spiro atoms. The summed E-state index contributed by atoms with van der Waals surface area (Å²) in [5.74, 6) is 1.46. The average Bonchev–Trinajstić information content (AvgIpc) is 3.15. The molecule has 2 aromatic heterocycles. The highest BCUT2D eigenvalue weighted by molar-refractivity contribution is 7.18. The summed E-state index contributed by atoms with van der Waals surface area (Å²) < 4.78 is 6.13. The molecular formula is C24H20N2O2S. The molecule has 5 heteroatoms. The standard InChI is InChI=1S/C24H20N2O2S/c27-20(17-6-2-1-3-7-17)14-16-10-12-18(13-11-16)28-23-22-19-8-4-5-9-21(19)29-24(22)26-15-25-23/h1-3,6-7,10-13,15H,4-5,8-9,14H2. The third-order valence-electron chi connectivity index (χ3n) is 5.31. The van der Waals surface area contributed by atoms with E-state index < -0.39 is 0 Å². The number of nitrogens with zero attached hydrogens (tertiary/aromatic N) is 2. The Morgan fingerprint density at radius 1 is 0.966 bits per heavy atom. The van der Waals surface area contributed by atoms with Crippen LogP contribution in [0.1, 0.15) is 39.2 Å². The summed E-state index contributed by atoms with van der Waals surface area (Å²) in [6, 6.07) is 17.1. The number of ether oxygens (including phenoxy) is 1. The Kier molecular flexibility index (Phi) is 4.82. The Hall–Kier alpha value is -3.05. The van der Waals surface area contributed by atoms with Crippen molar-refractivity contribution in [2.75, 3.05) is 0 Å². The van der Waals surface area contributed by atoms with Gasteiger partial charge >= 0.3 is 0 Å². The molecule has 29 heavy (non-hydrogen) atoms. The third kappa shape index (κ3) is 3.66. The van der Waals surface area contributed by atoms with Crippen LogP contribution in [0.15, 0.2) is 60.9 Å². The Morgan fingerprint density at radius 3 is 2.59 bits per heavy atom. The van der Waals surface area contributed by atoms with Crippen LogP contribution >= 0.6 is 11.3 Å². The van der Waals surface area contributed by atoms with Gasteiger partial charge in [-0.2, -0.15) is 0 Å². The number of ketones is 1. The Bertz CT molecular complexity index is 1170. The van der Waals surface area contributed by atoms with Crippen molar-refractivity contribution < 1.29 is 9.53 Å². The van der Waals surface area contributed by atoms with Crippen LogP contribution in [0.5, 0.6) is 11.6 Å². The van der Waals surface area contributed by atoms with Gasteiger partial charge in [0.05, 0.1) is 5.39 Å². The van der Waals surface area contributed by atoms with Crippen molar-refractivity contribution in [2.24, 2.45) is 0 Å². The highest BCUT2D eigenvalue weighted by Crippen LogP contribution is 2.40. The first kappa shape index (κ1) is 18.0. The molecule has 0 unspecified atom stereocenters. The highest BCUT2D eigenvalue weighted by atomic mass is 32.1. The van der Waals surface area contributed by atoms with Gasteiger partial charge in [0.25, 0.3) is 0 Å². The zero-order valence-corrected chi connectivity index (χ0v) is 16.7. The maximum Gasteiger partial charge on any atom is 0.231 e. The van der Waals surface area contributed by atoms with Crippen molar-refractivity contribution in [3.8, 4) is 11.6 Å². The van der Waals surface area contributed by atoms with E-state index in [0.717, 1.165) is 39.9 Å². The molecule has 144 valence electrons. The predicted molar refractivity (Wildman–Crippen MR) is 115 cm³/mol. The van der Waals surface area contributed by atoms with Crippen LogP contribution in [-0.4, -0.2) is 15.8 Å². The SMILES string of the molecule is O=C(Cc1ccc(Oc2ncnc3sc4c(c23)CCCC4)cc1)c1ccccc1. The molecule has 0 amide bonds. The summed E-state index contributed by atoms with van der Waals surface area (Å²) in [6.07, 6.45) is 6.59. The van der Waals surface area contributed by atoms with Crippen LogP contribution < -0.4 is 4.74 Å². The van der Waals surface area contributed by atoms with Crippen molar-refractivity contribution in [3.63, 3.8) is 0 Å². The van der Waals surface area contributed by atoms with E-state index in [1.54, 1.807) is 17.7 Å². The van der Waals surface area contributed by atoms with Gasteiger partial charge in [0, 0.05) is 16.9 Å². The van der Waals surface area contributed by atoms with Gasteiger partial charge in [-0.15, -0.1) is 11.3 Å². The molecule has 2 aromatic carbocycles. The minimum atomic E-state index is 0.113. The fourth-order valence-electron chi connectivity index (χ4n) is 3.84. The lowest BCUT2D eigenvalue weighted by atomic mass is 9.97. The van der Waals surface area contributed by atoms with Crippen LogP contribution in [0.25, 0.3) is 10.2 Å². The number of thiophene rings is 1. The number of benzene rings is 2. The Morgan fingerprint density at radius 2 is 1.76 bits per heavy atom. The number of hydrogen-bond acceptors (Lipinski definition) is 5. The molecule has 4 aromatic rings. The minimum Gasteiger partial charge on any atom is -0.438 e. The maximum absolute atomic E-state index is 12.4. The molecule has 0 N–H and O–H groups in total. The van der Waals surface area contributed by atoms with Crippen molar-refractivity contribution in [2.45, 2.75) is 32.1 Å². The van der Waals surface area contributed by atoms with Gasteiger partial charge in [0.2, 0.25) is 5.88 Å². The first-order valence-corrected chi connectivity index (χ1v) is 10.7. The Balaban J connectivity index is 1.36. The molecule has 4 nitrogen and oxygen atoms in total. The maximum atomic E-state index is 12.4. The van der Waals surface area contributed by atoms with Gasteiger partial charge < -0.3 is 4.74 Å². The first-order chi connectivity index (χ1) is 14.3. The number of fused-ring (bicyclic) bond motifs is 3. The van der Waals surface area contributed by atoms with Crippen molar-refractivity contribution >= 4 is 27.3 Å². The average molecular weight is 401 g/mol. The van der Waals surface area contributed by atoms with E-state index in [0.29, 0.717) is 12.3 Å². The number of aromatic nitrogens is 2. The van der Waals surface area contributed by atoms with E-state index in [1.165, 1.54) is 23.3 Å². The second-order valence-electron chi connectivity index (χ2n) is 7.28. The zero-order valence-electron chi connectivity index (χ0n) is 15.9. The minimum absolute atomic E-state index is 0.113. The van der Waals surface area contributed by atoms with Crippen LogP contribution in [-0.2, 0) is 19.3 Å². The molecule has 2 heterocycles. The van der Waals surface area contributed by atoms with E-state index in [-0.39, 0.29) is 5.78 Å². The smallest absolute Gasteiger partial charge is 0.231 e. The lowest BCUT2D eigenvalue weighted by Crippen LogP contribution is -2.03.